The third-order valence-electron chi connectivity index (χ3n) is 3.20. The molecule has 5 heteroatoms. The second-order valence-electron chi connectivity index (χ2n) is 4.72. The van der Waals surface area contributed by atoms with E-state index in [-0.39, 0.29) is 0 Å². The Balaban J connectivity index is 2.19. The number of nitrogens with two attached hydrogens (primary N) is 1. The quantitative estimate of drug-likeness (QED) is 0.890. The number of primary amides is 1. The fourth-order valence-electron chi connectivity index (χ4n) is 1.94. The zero-order chi connectivity index (χ0) is 15.4. The summed E-state index contributed by atoms with van der Waals surface area (Å²) in [5.74, 6) is 0.178. The van der Waals surface area contributed by atoms with Crippen LogP contribution in [0, 0.1) is 6.92 Å². The number of carbonyl (C=O) groups excluding carboxylic acids is 1. The fraction of sp³-hybridized carbons (Fsp3) is 0.188. The lowest BCUT2D eigenvalue weighted by Gasteiger charge is -2.12. The summed E-state index contributed by atoms with van der Waals surface area (Å²) < 4.78 is 5.27. The van der Waals surface area contributed by atoms with Crippen molar-refractivity contribution in [2.24, 2.45) is 5.73 Å². The average molecular weight is 305 g/mol. The van der Waals surface area contributed by atoms with E-state index in [4.69, 9.17) is 22.1 Å². The van der Waals surface area contributed by atoms with Gasteiger partial charge < -0.3 is 15.8 Å². The molecule has 2 rings (SSSR count). The van der Waals surface area contributed by atoms with Gasteiger partial charge in [0.05, 0.1) is 12.8 Å². The lowest BCUT2D eigenvalue weighted by molar-refractivity contribution is 0.100. The molecule has 4 nitrogen and oxygen atoms in total. The van der Waals surface area contributed by atoms with Gasteiger partial charge in [-0.3, -0.25) is 4.79 Å². The minimum Gasteiger partial charge on any atom is -0.495 e. The molecule has 0 aromatic heterocycles. The molecule has 21 heavy (non-hydrogen) atoms. The summed E-state index contributed by atoms with van der Waals surface area (Å²) in [5, 5.41) is 3.96. The lowest BCUT2D eigenvalue weighted by Crippen LogP contribution is -2.11. The monoisotopic (exact) mass is 304 g/mol. The van der Waals surface area contributed by atoms with Crippen LogP contribution in [-0.4, -0.2) is 13.0 Å². The second-order valence-corrected chi connectivity index (χ2v) is 5.12. The van der Waals surface area contributed by atoms with Crippen LogP contribution in [0.5, 0.6) is 5.75 Å². The van der Waals surface area contributed by atoms with Gasteiger partial charge in [-0.25, -0.2) is 0 Å². The number of amides is 1. The van der Waals surface area contributed by atoms with Crippen LogP contribution in [-0.2, 0) is 6.54 Å². The first kappa shape index (κ1) is 15.2. The summed E-state index contributed by atoms with van der Waals surface area (Å²) in [6.07, 6.45) is 0. The van der Waals surface area contributed by atoms with E-state index in [9.17, 15) is 4.79 Å². The molecule has 0 saturated carbocycles. The number of aryl methyl sites for hydroxylation is 1. The molecule has 1 amide bonds. The van der Waals surface area contributed by atoms with Crippen LogP contribution in [0.25, 0.3) is 0 Å². The molecule has 0 heterocycles. The molecular weight excluding hydrogens is 288 g/mol. The third-order valence-corrected chi connectivity index (χ3v) is 3.61. The molecule has 3 N–H and O–H groups in total. The van der Waals surface area contributed by atoms with Crippen molar-refractivity contribution in [3.8, 4) is 5.75 Å². The minimum atomic E-state index is -0.473. The molecule has 0 aliphatic heterocycles. The second kappa shape index (κ2) is 6.50. The molecule has 0 atom stereocenters. The van der Waals surface area contributed by atoms with E-state index in [0.29, 0.717) is 23.5 Å². The predicted molar refractivity (Wildman–Crippen MR) is 85.0 cm³/mol. The van der Waals surface area contributed by atoms with Crippen molar-refractivity contribution in [1.29, 1.82) is 0 Å². The molecule has 110 valence electrons. The molecule has 2 aromatic rings. The van der Waals surface area contributed by atoms with Crippen LogP contribution < -0.4 is 15.8 Å². The van der Waals surface area contributed by atoms with Gasteiger partial charge in [0.25, 0.3) is 0 Å². The van der Waals surface area contributed by atoms with Crippen molar-refractivity contribution in [3.63, 3.8) is 0 Å². The SMILES string of the molecule is COc1ccc(C(N)=O)cc1NCc1ccc(C)c(Cl)c1. The summed E-state index contributed by atoms with van der Waals surface area (Å²) in [6, 6.07) is 10.9. The van der Waals surface area contributed by atoms with Crippen molar-refractivity contribution < 1.29 is 9.53 Å². The van der Waals surface area contributed by atoms with E-state index in [1.165, 1.54) is 0 Å². The number of benzene rings is 2. The first-order valence-electron chi connectivity index (χ1n) is 6.48. The molecule has 0 saturated heterocycles. The normalized spacial score (nSPS) is 10.2. The number of carbonyl (C=O) groups is 1. The lowest BCUT2D eigenvalue weighted by atomic mass is 10.1. The van der Waals surface area contributed by atoms with Gasteiger partial charge in [0.2, 0.25) is 5.91 Å². The Morgan fingerprint density at radius 1 is 1.29 bits per heavy atom. The molecular formula is C16H17ClN2O2. The Bertz CT molecular complexity index is 671. The number of nitrogens with one attached hydrogen (secondary N) is 1. The highest BCUT2D eigenvalue weighted by atomic mass is 35.5. The van der Waals surface area contributed by atoms with Crippen molar-refractivity contribution in [2.45, 2.75) is 13.5 Å². The first-order valence-corrected chi connectivity index (χ1v) is 6.86. The Labute approximate surface area is 128 Å². The van der Waals surface area contributed by atoms with Crippen LogP contribution in [0.4, 0.5) is 5.69 Å². The van der Waals surface area contributed by atoms with Crippen molar-refractivity contribution in [2.75, 3.05) is 12.4 Å². The molecule has 0 bridgehead atoms. The molecule has 0 radical (unpaired) electrons. The number of methoxy groups -OCH3 is 1. The zero-order valence-electron chi connectivity index (χ0n) is 11.9. The maximum atomic E-state index is 11.2. The molecule has 0 fully saturated rings. The van der Waals surface area contributed by atoms with E-state index < -0.39 is 5.91 Å². The number of ether oxygens (including phenoxy) is 1. The first-order chi connectivity index (χ1) is 10.0. The van der Waals surface area contributed by atoms with E-state index >= 15 is 0 Å². The largest absolute Gasteiger partial charge is 0.495 e. The zero-order valence-corrected chi connectivity index (χ0v) is 12.7. The maximum Gasteiger partial charge on any atom is 0.248 e. The van der Waals surface area contributed by atoms with Crippen LogP contribution in [0.1, 0.15) is 21.5 Å². The highest BCUT2D eigenvalue weighted by Crippen LogP contribution is 2.26. The Hall–Kier alpha value is -2.20. The number of halogens is 1. The van der Waals surface area contributed by atoms with Crippen LogP contribution in [0.3, 0.4) is 0 Å². The predicted octanol–water partition coefficient (Wildman–Crippen LogP) is 3.37. The average Bonchev–Trinajstić information content (AvgIpc) is 2.48. The summed E-state index contributed by atoms with van der Waals surface area (Å²) in [5.41, 5.74) is 8.51. The molecule has 0 spiro atoms. The van der Waals surface area contributed by atoms with Crippen molar-refractivity contribution in [1.82, 2.24) is 0 Å². The molecule has 2 aromatic carbocycles. The van der Waals surface area contributed by atoms with Gasteiger partial charge in [0, 0.05) is 17.1 Å². The molecule has 0 aliphatic carbocycles. The standard InChI is InChI=1S/C16H17ClN2O2/c1-10-3-4-11(7-13(10)17)9-19-14-8-12(16(18)20)5-6-15(14)21-2/h3-8,19H,9H2,1-2H3,(H2,18,20). The number of hydrogen-bond acceptors (Lipinski definition) is 3. The van der Waals surface area contributed by atoms with Crippen molar-refractivity contribution >= 4 is 23.2 Å². The van der Waals surface area contributed by atoms with Crippen molar-refractivity contribution in [3.05, 3.63) is 58.1 Å². The summed E-state index contributed by atoms with van der Waals surface area (Å²) in [4.78, 5) is 11.2. The van der Waals surface area contributed by atoms with Crippen LogP contribution in [0.2, 0.25) is 5.02 Å². The van der Waals surface area contributed by atoms with Gasteiger partial charge in [0.1, 0.15) is 5.75 Å². The summed E-state index contributed by atoms with van der Waals surface area (Å²) >= 11 is 6.11. The topological polar surface area (TPSA) is 64.3 Å². The van der Waals surface area contributed by atoms with Gasteiger partial charge in [-0.05, 0) is 42.3 Å². The summed E-state index contributed by atoms with van der Waals surface area (Å²) in [6.45, 7) is 2.53. The van der Waals surface area contributed by atoms with E-state index in [1.54, 1.807) is 25.3 Å². The highest BCUT2D eigenvalue weighted by Gasteiger charge is 2.08. The Kier molecular flexibility index (Phi) is 4.70. The molecule has 0 aliphatic rings. The van der Waals surface area contributed by atoms with Gasteiger partial charge in [-0.15, -0.1) is 0 Å². The smallest absolute Gasteiger partial charge is 0.248 e. The van der Waals surface area contributed by atoms with Gasteiger partial charge >= 0.3 is 0 Å². The fourth-order valence-corrected chi connectivity index (χ4v) is 2.15. The number of anilines is 1. The van der Waals surface area contributed by atoms with E-state index in [1.807, 2.05) is 25.1 Å². The third kappa shape index (κ3) is 3.67. The minimum absolute atomic E-state index is 0.431. The maximum absolute atomic E-state index is 11.2. The summed E-state index contributed by atoms with van der Waals surface area (Å²) in [7, 11) is 1.58. The van der Waals surface area contributed by atoms with E-state index in [2.05, 4.69) is 5.32 Å². The number of hydrogen-bond donors (Lipinski definition) is 2. The Morgan fingerprint density at radius 3 is 2.67 bits per heavy atom. The van der Waals surface area contributed by atoms with Gasteiger partial charge in [-0.1, -0.05) is 23.7 Å². The Morgan fingerprint density at radius 2 is 2.05 bits per heavy atom. The van der Waals surface area contributed by atoms with Crippen LogP contribution in [0.15, 0.2) is 36.4 Å². The molecule has 0 unspecified atom stereocenters. The van der Waals surface area contributed by atoms with Gasteiger partial charge in [-0.2, -0.15) is 0 Å². The van der Waals surface area contributed by atoms with E-state index in [0.717, 1.165) is 16.1 Å². The van der Waals surface area contributed by atoms with Crippen LogP contribution >= 0.6 is 11.6 Å². The number of rotatable bonds is 5. The highest BCUT2D eigenvalue weighted by molar-refractivity contribution is 6.31. The van der Waals surface area contributed by atoms with Gasteiger partial charge in [0.15, 0.2) is 0 Å².